The summed E-state index contributed by atoms with van der Waals surface area (Å²) in [6, 6.07) is 43.1. The van der Waals surface area contributed by atoms with Crippen LogP contribution in [0.5, 0.6) is 0 Å². The van der Waals surface area contributed by atoms with Gasteiger partial charge in [0, 0.05) is 22.3 Å². The topological polar surface area (TPSA) is 34.6 Å². The van der Waals surface area contributed by atoms with Crippen molar-refractivity contribution < 1.29 is 0 Å². The first-order valence-electron chi connectivity index (χ1n) is 15.1. The van der Waals surface area contributed by atoms with Crippen molar-refractivity contribution in [1.82, 2.24) is 9.35 Å². The summed E-state index contributed by atoms with van der Waals surface area (Å²) in [5, 5.41) is 10.4. The van der Waals surface area contributed by atoms with Gasteiger partial charge in [0.25, 0.3) is 0 Å². The van der Waals surface area contributed by atoms with Crippen molar-refractivity contribution in [3.05, 3.63) is 144 Å². The van der Waals surface area contributed by atoms with Crippen molar-refractivity contribution in [2.45, 2.75) is 41.5 Å². The molecule has 0 saturated heterocycles. The van der Waals surface area contributed by atoms with Crippen LogP contribution in [0.1, 0.15) is 36.1 Å². The third-order valence-corrected chi connectivity index (χ3v) is 8.12. The average molecular weight is 575 g/mol. The quantitative estimate of drug-likeness (QED) is 0.170. The van der Waals surface area contributed by atoms with Crippen LogP contribution in [0, 0.1) is 27.7 Å². The van der Waals surface area contributed by atoms with E-state index >= 15 is 0 Å². The van der Waals surface area contributed by atoms with Crippen LogP contribution in [0.3, 0.4) is 0 Å². The molecule has 4 nitrogen and oxygen atoms in total. The van der Waals surface area contributed by atoms with Crippen molar-refractivity contribution in [2.75, 3.05) is 0 Å². The van der Waals surface area contributed by atoms with Gasteiger partial charge in [-0.1, -0.05) is 119 Å². The number of nitrogens with zero attached hydrogens (tertiary/aromatic N) is 4. The monoisotopic (exact) mass is 574 g/mol. The van der Waals surface area contributed by atoms with Gasteiger partial charge in [0.2, 0.25) is 0 Å². The lowest BCUT2D eigenvalue weighted by atomic mass is 10.1. The summed E-state index contributed by atoms with van der Waals surface area (Å²) in [4.78, 5) is 0. The molecule has 0 aliphatic heterocycles. The fraction of sp³-hybridized carbons (Fsp3) is 0.150. The fourth-order valence-corrected chi connectivity index (χ4v) is 5.29. The zero-order chi connectivity index (χ0) is 30.8. The summed E-state index contributed by atoms with van der Waals surface area (Å²) in [6.45, 7) is 12.5. The summed E-state index contributed by atoms with van der Waals surface area (Å²) < 4.78 is 4.11. The Morgan fingerprint density at radius 3 is 0.750 bits per heavy atom. The van der Waals surface area contributed by atoms with Crippen molar-refractivity contribution in [3.63, 3.8) is 0 Å². The van der Waals surface area contributed by atoms with Crippen LogP contribution in [0.25, 0.3) is 45.0 Å². The Kier molecular flexibility index (Phi) is 7.99. The maximum absolute atomic E-state index is 5.21. The van der Waals surface area contributed by atoms with E-state index in [0.717, 1.165) is 56.5 Å². The number of benzene rings is 4. The Labute approximate surface area is 260 Å². The normalized spacial score (nSPS) is 12.1. The maximum Gasteiger partial charge on any atom is 0.0812 e. The first-order chi connectivity index (χ1) is 21.3. The molecule has 0 amide bonds. The molecule has 0 aliphatic rings. The number of hydrogen-bond donors (Lipinski definition) is 0. The second kappa shape index (κ2) is 12.2. The van der Waals surface area contributed by atoms with E-state index < -0.39 is 0 Å². The molecule has 0 spiro atoms. The van der Waals surface area contributed by atoms with Crippen LogP contribution in [-0.2, 0) is 0 Å². The van der Waals surface area contributed by atoms with Gasteiger partial charge >= 0.3 is 0 Å². The van der Waals surface area contributed by atoms with Crippen LogP contribution in [0.2, 0.25) is 0 Å². The minimum absolute atomic E-state index is 0.835. The SMILES string of the molecule is CC(=N/n1c(-c2ccc(C)cc2)ccc1-c1ccc(C)cc1)/C(C)=N\n1c(-c2ccc(C)cc2)ccc1-c1ccc(C)cc1. The molecule has 218 valence electrons. The lowest BCUT2D eigenvalue weighted by Gasteiger charge is -2.13. The van der Waals surface area contributed by atoms with Crippen LogP contribution >= 0.6 is 0 Å². The predicted octanol–water partition coefficient (Wildman–Crippen LogP) is 10.3. The lowest BCUT2D eigenvalue weighted by Crippen LogP contribution is -2.12. The van der Waals surface area contributed by atoms with Crippen molar-refractivity contribution in [3.8, 4) is 45.0 Å². The molecule has 0 aliphatic carbocycles. The molecule has 0 bridgehead atoms. The molecule has 0 radical (unpaired) electrons. The Hall–Kier alpha value is -5.22. The predicted molar refractivity (Wildman–Crippen MR) is 187 cm³/mol. The van der Waals surface area contributed by atoms with E-state index in [1.54, 1.807) is 0 Å². The highest BCUT2D eigenvalue weighted by atomic mass is 15.4. The van der Waals surface area contributed by atoms with Gasteiger partial charge in [0.15, 0.2) is 0 Å². The highest BCUT2D eigenvalue weighted by Crippen LogP contribution is 2.31. The number of rotatable bonds is 7. The molecule has 0 saturated carbocycles. The third kappa shape index (κ3) is 5.97. The second-order valence-corrected chi connectivity index (χ2v) is 11.7. The van der Waals surface area contributed by atoms with Crippen molar-refractivity contribution in [1.29, 1.82) is 0 Å². The highest BCUT2D eigenvalue weighted by molar-refractivity contribution is 6.40. The summed E-state index contributed by atoms with van der Waals surface area (Å²) in [5.41, 5.74) is 15.2. The van der Waals surface area contributed by atoms with Crippen LogP contribution in [-0.4, -0.2) is 20.8 Å². The van der Waals surface area contributed by atoms with E-state index in [0.29, 0.717) is 0 Å². The highest BCUT2D eigenvalue weighted by Gasteiger charge is 2.15. The molecule has 0 N–H and O–H groups in total. The molecular formula is C40H38N4. The minimum Gasteiger partial charge on any atom is -0.232 e. The van der Waals surface area contributed by atoms with E-state index in [9.17, 15) is 0 Å². The van der Waals surface area contributed by atoms with E-state index in [1.165, 1.54) is 22.3 Å². The molecule has 0 atom stereocenters. The number of aromatic nitrogens is 2. The van der Waals surface area contributed by atoms with Crippen LogP contribution < -0.4 is 0 Å². The van der Waals surface area contributed by atoms with Gasteiger partial charge in [-0.15, -0.1) is 0 Å². The molecule has 4 heteroatoms. The molecule has 0 unspecified atom stereocenters. The van der Waals surface area contributed by atoms with Gasteiger partial charge < -0.3 is 0 Å². The standard InChI is InChI=1S/C40H38N4/c1-27-7-15-33(16-8-27)37-23-24-38(34-17-9-28(2)10-18-34)43(37)41-31(5)32(6)42-44-39(35-19-11-29(3)12-20-35)25-26-40(44)36-21-13-30(4)14-22-36/h7-26H,1-6H3/b41-31-,42-32-. The van der Waals surface area contributed by atoms with Gasteiger partial charge in [0.1, 0.15) is 0 Å². The molecular weight excluding hydrogens is 536 g/mol. The Morgan fingerprint density at radius 2 is 0.545 bits per heavy atom. The maximum atomic E-state index is 5.21. The molecule has 6 rings (SSSR count). The molecule has 44 heavy (non-hydrogen) atoms. The number of aryl methyl sites for hydroxylation is 4. The van der Waals surface area contributed by atoms with E-state index in [2.05, 4.69) is 158 Å². The van der Waals surface area contributed by atoms with E-state index in [1.807, 2.05) is 13.8 Å². The van der Waals surface area contributed by atoms with Crippen LogP contribution in [0.15, 0.2) is 132 Å². The first-order valence-corrected chi connectivity index (χ1v) is 15.1. The molecule has 6 aromatic rings. The third-order valence-electron chi connectivity index (χ3n) is 8.12. The van der Waals surface area contributed by atoms with E-state index in [4.69, 9.17) is 10.2 Å². The second-order valence-electron chi connectivity index (χ2n) is 11.7. The zero-order valence-corrected chi connectivity index (χ0v) is 26.3. The van der Waals surface area contributed by atoms with Crippen LogP contribution in [0.4, 0.5) is 0 Å². The van der Waals surface area contributed by atoms with Crippen molar-refractivity contribution >= 4 is 11.4 Å². The Morgan fingerprint density at radius 1 is 0.341 bits per heavy atom. The Bertz CT molecular complexity index is 1690. The van der Waals surface area contributed by atoms with E-state index in [-0.39, 0.29) is 0 Å². The van der Waals surface area contributed by atoms with Gasteiger partial charge in [-0.05, 0) is 65.8 Å². The van der Waals surface area contributed by atoms with Gasteiger partial charge in [-0.25, -0.2) is 9.35 Å². The average Bonchev–Trinajstić information content (AvgIpc) is 3.63. The zero-order valence-electron chi connectivity index (χ0n) is 26.3. The number of hydrogen-bond acceptors (Lipinski definition) is 2. The summed E-state index contributed by atoms with van der Waals surface area (Å²) in [7, 11) is 0. The first kappa shape index (κ1) is 28.9. The summed E-state index contributed by atoms with van der Waals surface area (Å²) >= 11 is 0. The van der Waals surface area contributed by atoms with Gasteiger partial charge in [0.05, 0.1) is 34.2 Å². The van der Waals surface area contributed by atoms with Crippen molar-refractivity contribution in [2.24, 2.45) is 10.2 Å². The van der Waals surface area contributed by atoms with Gasteiger partial charge in [-0.2, -0.15) is 10.2 Å². The minimum atomic E-state index is 0.835. The lowest BCUT2D eigenvalue weighted by molar-refractivity contribution is 0.894. The van der Waals surface area contributed by atoms with Gasteiger partial charge in [-0.3, -0.25) is 0 Å². The fourth-order valence-electron chi connectivity index (χ4n) is 5.29. The smallest absolute Gasteiger partial charge is 0.0812 e. The summed E-state index contributed by atoms with van der Waals surface area (Å²) in [6.07, 6.45) is 0. The summed E-state index contributed by atoms with van der Waals surface area (Å²) in [5.74, 6) is 0. The molecule has 2 heterocycles. The molecule has 4 aromatic carbocycles. The Balaban J connectivity index is 1.48. The molecule has 2 aromatic heterocycles. The largest absolute Gasteiger partial charge is 0.232 e. The molecule has 0 fully saturated rings.